The van der Waals surface area contributed by atoms with Gasteiger partial charge in [-0.25, -0.2) is 0 Å². The number of hydrogen-bond acceptors (Lipinski definition) is 6. The van der Waals surface area contributed by atoms with Gasteiger partial charge in [-0.2, -0.15) is 10.2 Å². The number of hydrogen-bond donors (Lipinski definition) is 4. The van der Waals surface area contributed by atoms with E-state index in [2.05, 4.69) is 10.2 Å². The van der Waals surface area contributed by atoms with Crippen molar-refractivity contribution in [3.8, 4) is 11.5 Å². The summed E-state index contributed by atoms with van der Waals surface area (Å²) in [5.74, 6) is 10.2. The fourth-order valence-electron chi connectivity index (χ4n) is 1.73. The Morgan fingerprint density at radius 1 is 0.778 bits per heavy atom. The Labute approximate surface area is 103 Å². The standard InChI is InChI=1S/C12H12N4O2/c13-15-5-9-1-7-2-10(6-16-14)12(18)4-8(7)3-11(9)17/h1-6,17-18H,13-14H2/b15-5+,16-6+. The minimum absolute atomic E-state index is 0.0383. The van der Waals surface area contributed by atoms with Crippen molar-refractivity contribution in [1.82, 2.24) is 0 Å². The van der Waals surface area contributed by atoms with Crippen molar-refractivity contribution in [2.75, 3.05) is 0 Å². The lowest BCUT2D eigenvalue weighted by Gasteiger charge is -2.05. The number of nitrogens with zero attached hydrogens (tertiary/aromatic N) is 2. The molecule has 0 radical (unpaired) electrons. The molecule has 6 N–H and O–H groups in total. The first kappa shape index (κ1) is 11.7. The fourth-order valence-corrected chi connectivity index (χ4v) is 1.73. The molecular formula is C12H12N4O2. The molecule has 6 heteroatoms. The highest BCUT2D eigenvalue weighted by Crippen LogP contribution is 2.28. The lowest BCUT2D eigenvalue weighted by molar-refractivity contribution is 0.473. The molecule has 0 heterocycles. The number of hydrazone groups is 2. The first-order valence-electron chi connectivity index (χ1n) is 5.12. The highest BCUT2D eigenvalue weighted by Gasteiger charge is 2.06. The van der Waals surface area contributed by atoms with E-state index in [9.17, 15) is 10.2 Å². The van der Waals surface area contributed by atoms with Crippen LogP contribution in [0.4, 0.5) is 0 Å². The van der Waals surface area contributed by atoms with E-state index in [4.69, 9.17) is 11.7 Å². The van der Waals surface area contributed by atoms with Crippen molar-refractivity contribution in [2.45, 2.75) is 0 Å². The van der Waals surface area contributed by atoms with Crippen molar-refractivity contribution < 1.29 is 10.2 Å². The Bertz CT molecular complexity index is 597. The topological polar surface area (TPSA) is 117 Å². The van der Waals surface area contributed by atoms with Gasteiger partial charge >= 0.3 is 0 Å². The maximum Gasteiger partial charge on any atom is 0.125 e. The molecule has 2 aromatic rings. The normalized spacial score (nSPS) is 11.8. The van der Waals surface area contributed by atoms with Crippen molar-refractivity contribution in [3.63, 3.8) is 0 Å². The lowest BCUT2D eigenvalue weighted by Crippen LogP contribution is -1.90. The van der Waals surface area contributed by atoms with Crippen LogP contribution in [0.2, 0.25) is 0 Å². The number of aromatic hydroxyl groups is 2. The molecule has 92 valence electrons. The summed E-state index contributed by atoms with van der Waals surface area (Å²) in [6, 6.07) is 6.45. The Morgan fingerprint density at radius 2 is 1.17 bits per heavy atom. The summed E-state index contributed by atoms with van der Waals surface area (Å²) in [6.07, 6.45) is 2.69. The van der Waals surface area contributed by atoms with Crippen LogP contribution in [0.3, 0.4) is 0 Å². The van der Waals surface area contributed by atoms with E-state index in [1.165, 1.54) is 24.6 Å². The predicted molar refractivity (Wildman–Crippen MR) is 70.8 cm³/mol. The van der Waals surface area contributed by atoms with Gasteiger partial charge in [0.25, 0.3) is 0 Å². The second-order valence-corrected chi connectivity index (χ2v) is 3.73. The summed E-state index contributed by atoms with van der Waals surface area (Å²) in [4.78, 5) is 0. The van der Waals surface area contributed by atoms with Crippen molar-refractivity contribution in [3.05, 3.63) is 35.4 Å². The van der Waals surface area contributed by atoms with Crippen LogP contribution in [-0.2, 0) is 0 Å². The minimum Gasteiger partial charge on any atom is -0.507 e. The van der Waals surface area contributed by atoms with Gasteiger partial charge in [0, 0.05) is 11.1 Å². The second-order valence-electron chi connectivity index (χ2n) is 3.73. The maximum atomic E-state index is 9.73. The first-order valence-corrected chi connectivity index (χ1v) is 5.12. The maximum absolute atomic E-state index is 9.73. The molecule has 0 atom stereocenters. The molecule has 0 spiro atoms. The largest absolute Gasteiger partial charge is 0.507 e. The molecule has 2 aromatic carbocycles. The molecule has 0 aliphatic heterocycles. The highest BCUT2D eigenvalue weighted by molar-refractivity contribution is 5.98. The van der Waals surface area contributed by atoms with Crippen LogP contribution in [0.15, 0.2) is 34.5 Å². The molecule has 0 saturated heterocycles. The monoisotopic (exact) mass is 244 g/mol. The summed E-state index contributed by atoms with van der Waals surface area (Å²) in [5.41, 5.74) is 0.984. The van der Waals surface area contributed by atoms with Gasteiger partial charge in [0.15, 0.2) is 0 Å². The van der Waals surface area contributed by atoms with Crippen LogP contribution in [0, 0.1) is 0 Å². The zero-order chi connectivity index (χ0) is 13.1. The second kappa shape index (κ2) is 4.62. The molecule has 2 rings (SSSR count). The highest BCUT2D eigenvalue weighted by atomic mass is 16.3. The van der Waals surface area contributed by atoms with Crippen LogP contribution < -0.4 is 11.7 Å². The summed E-state index contributed by atoms with van der Waals surface area (Å²) >= 11 is 0. The summed E-state index contributed by atoms with van der Waals surface area (Å²) in [6.45, 7) is 0. The average Bonchev–Trinajstić information content (AvgIpc) is 2.33. The average molecular weight is 244 g/mol. The molecule has 0 fully saturated rings. The van der Waals surface area contributed by atoms with Gasteiger partial charge in [0.1, 0.15) is 11.5 Å². The van der Waals surface area contributed by atoms with E-state index < -0.39 is 0 Å². The van der Waals surface area contributed by atoms with Crippen molar-refractivity contribution in [1.29, 1.82) is 0 Å². The van der Waals surface area contributed by atoms with Crippen molar-refractivity contribution in [2.24, 2.45) is 21.9 Å². The molecule has 0 bridgehead atoms. The molecule has 0 aliphatic carbocycles. The van der Waals surface area contributed by atoms with E-state index >= 15 is 0 Å². The molecule has 6 nitrogen and oxygen atoms in total. The number of benzene rings is 2. The van der Waals surface area contributed by atoms with Gasteiger partial charge in [-0.15, -0.1) is 0 Å². The predicted octanol–water partition coefficient (Wildman–Crippen LogP) is 0.836. The number of phenols is 2. The summed E-state index contributed by atoms with van der Waals surface area (Å²) < 4.78 is 0. The van der Waals surface area contributed by atoms with Crippen LogP contribution >= 0.6 is 0 Å². The fraction of sp³-hybridized carbons (Fsp3) is 0. The first-order chi connectivity index (χ1) is 8.65. The zero-order valence-electron chi connectivity index (χ0n) is 9.41. The summed E-state index contributed by atoms with van der Waals surface area (Å²) in [5, 5.41) is 27.7. The van der Waals surface area contributed by atoms with Gasteiger partial charge in [-0.1, -0.05) is 0 Å². The lowest BCUT2D eigenvalue weighted by atomic mass is 10.0. The number of fused-ring (bicyclic) bond motifs is 1. The molecule has 0 amide bonds. The van der Waals surface area contributed by atoms with Gasteiger partial charge in [0.05, 0.1) is 12.4 Å². The van der Waals surface area contributed by atoms with Crippen LogP contribution in [0.1, 0.15) is 11.1 Å². The number of rotatable bonds is 2. The smallest absolute Gasteiger partial charge is 0.125 e. The third-order valence-electron chi connectivity index (χ3n) is 2.56. The number of nitrogens with two attached hydrogens (primary N) is 2. The van der Waals surface area contributed by atoms with Gasteiger partial charge < -0.3 is 21.9 Å². The van der Waals surface area contributed by atoms with Crippen LogP contribution in [0.25, 0.3) is 10.8 Å². The van der Waals surface area contributed by atoms with Crippen molar-refractivity contribution >= 4 is 23.2 Å². The molecule has 18 heavy (non-hydrogen) atoms. The molecular weight excluding hydrogens is 232 g/mol. The Morgan fingerprint density at radius 3 is 1.56 bits per heavy atom. The SMILES string of the molecule is N/N=C/c1cc2cc(/C=N/N)c(O)cc2cc1O. The Balaban J connectivity index is 2.70. The molecule has 0 aromatic heterocycles. The Kier molecular flexibility index (Phi) is 3.01. The van der Waals surface area contributed by atoms with E-state index in [1.807, 2.05) is 0 Å². The molecule has 0 saturated carbocycles. The number of phenolic OH excluding ortho intramolecular Hbond substituents is 2. The van der Waals surface area contributed by atoms with Crippen LogP contribution in [-0.4, -0.2) is 22.6 Å². The van der Waals surface area contributed by atoms with Gasteiger partial charge in [-0.3, -0.25) is 0 Å². The Hall–Kier alpha value is -2.76. The zero-order valence-corrected chi connectivity index (χ0v) is 9.41. The third-order valence-corrected chi connectivity index (χ3v) is 2.56. The quantitative estimate of drug-likeness (QED) is 0.355. The van der Waals surface area contributed by atoms with Gasteiger partial charge in [-0.05, 0) is 35.0 Å². The minimum atomic E-state index is 0.0383. The molecule has 0 unspecified atom stereocenters. The molecule has 0 aliphatic rings. The third kappa shape index (κ3) is 2.03. The van der Waals surface area contributed by atoms with Crippen LogP contribution in [0.5, 0.6) is 11.5 Å². The van der Waals surface area contributed by atoms with E-state index in [-0.39, 0.29) is 11.5 Å². The van der Waals surface area contributed by atoms with E-state index in [1.54, 1.807) is 12.1 Å². The van der Waals surface area contributed by atoms with E-state index in [0.717, 1.165) is 5.39 Å². The summed E-state index contributed by atoms with van der Waals surface area (Å²) in [7, 11) is 0. The van der Waals surface area contributed by atoms with Gasteiger partial charge in [0.2, 0.25) is 0 Å². The van der Waals surface area contributed by atoms with E-state index in [0.29, 0.717) is 16.5 Å².